The van der Waals surface area contributed by atoms with Crippen molar-refractivity contribution in [1.82, 2.24) is 20.1 Å². The van der Waals surface area contributed by atoms with Crippen LogP contribution >= 0.6 is 0 Å². The van der Waals surface area contributed by atoms with Crippen molar-refractivity contribution in [2.24, 2.45) is 5.92 Å². The first-order chi connectivity index (χ1) is 8.13. The number of rotatable bonds is 8. The van der Waals surface area contributed by atoms with Crippen LogP contribution in [0, 0.1) is 5.92 Å². The zero-order chi connectivity index (χ0) is 12.7. The summed E-state index contributed by atoms with van der Waals surface area (Å²) in [4.78, 5) is 4.34. The van der Waals surface area contributed by atoms with Gasteiger partial charge in [0.1, 0.15) is 12.2 Å². The first-order valence-corrected chi connectivity index (χ1v) is 6.73. The molecule has 1 heterocycles. The van der Waals surface area contributed by atoms with Gasteiger partial charge in [-0.05, 0) is 32.2 Å². The number of aryl methyl sites for hydroxylation is 1. The molecule has 0 aliphatic heterocycles. The summed E-state index contributed by atoms with van der Waals surface area (Å²) in [7, 11) is 0. The van der Waals surface area contributed by atoms with Gasteiger partial charge < -0.3 is 5.32 Å². The number of hydrogen-bond donors (Lipinski definition) is 1. The Morgan fingerprint density at radius 3 is 2.76 bits per heavy atom. The number of nitrogens with one attached hydrogen (secondary N) is 1. The lowest BCUT2D eigenvalue weighted by Gasteiger charge is -2.12. The Bertz CT molecular complexity index is 306. The fraction of sp³-hybridized carbons (Fsp3) is 0.846. The predicted octanol–water partition coefficient (Wildman–Crippen LogP) is 2.25. The van der Waals surface area contributed by atoms with Crippen LogP contribution in [0.3, 0.4) is 0 Å². The molecule has 0 aliphatic carbocycles. The molecule has 4 nitrogen and oxygen atoms in total. The van der Waals surface area contributed by atoms with E-state index in [9.17, 15) is 0 Å². The molecular formula is C13H26N4. The van der Waals surface area contributed by atoms with E-state index < -0.39 is 0 Å². The molecular weight excluding hydrogens is 212 g/mol. The minimum absolute atomic E-state index is 0.599. The molecule has 0 aromatic carbocycles. The minimum atomic E-state index is 0.599. The Labute approximate surface area is 105 Å². The Hall–Kier alpha value is -0.900. The summed E-state index contributed by atoms with van der Waals surface area (Å²) in [6.45, 7) is 10.8. The summed E-state index contributed by atoms with van der Waals surface area (Å²) in [5.74, 6) is 1.75. The van der Waals surface area contributed by atoms with Gasteiger partial charge in [-0.3, -0.25) is 0 Å². The van der Waals surface area contributed by atoms with Crippen LogP contribution in [0.15, 0.2) is 6.33 Å². The number of nitrogens with zero attached hydrogens (tertiary/aromatic N) is 3. The summed E-state index contributed by atoms with van der Waals surface area (Å²) < 4.78 is 2.04. The smallest absolute Gasteiger partial charge is 0.138 e. The minimum Gasteiger partial charge on any atom is -0.315 e. The Kier molecular flexibility index (Phi) is 6.19. The highest BCUT2D eigenvalue weighted by Crippen LogP contribution is 2.06. The summed E-state index contributed by atoms with van der Waals surface area (Å²) in [6, 6.07) is 0.599. The quantitative estimate of drug-likeness (QED) is 0.755. The first kappa shape index (κ1) is 14.2. The van der Waals surface area contributed by atoms with E-state index in [-0.39, 0.29) is 0 Å². The topological polar surface area (TPSA) is 42.7 Å². The van der Waals surface area contributed by atoms with Crippen molar-refractivity contribution < 1.29 is 0 Å². The molecule has 0 fully saturated rings. The first-order valence-electron chi connectivity index (χ1n) is 6.73. The molecule has 0 spiro atoms. The lowest BCUT2D eigenvalue weighted by Crippen LogP contribution is -2.25. The van der Waals surface area contributed by atoms with Gasteiger partial charge in [-0.2, -0.15) is 5.10 Å². The molecule has 1 rings (SSSR count). The van der Waals surface area contributed by atoms with Crippen molar-refractivity contribution >= 4 is 0 Å². The van der Waals surface area contributed by atoms with Crippen LogP contribution in [0.4, 0.5) is 0 Å². The average molecular weight is 238 g/mol. The molecule has 0 bridgehead atoms. The molecule has 17 heavy (non-hydrogen) atoms. The summed E-state index contributed by atoms with van der Waals surface area (Å²) in [6.07, 6.45) is 5.07. The van der Waals surface area contributed by atoms with E-state index in [0.717, 1.165) is 25.3 Å². The second-order valence-electron chi connectivity index (χ2n) is 5.10. The van der Waals surface area contributed by atoms with Crippen molar-refractivity contribution in [2.45, 2.75) is 59.5 Å². The van der Waals surface area contributed by atoms with Gasteiger partial charge in [-0.25, -0.2) is 9.67 Å². The van der Waals surface area contributed by atoms with Crippen LogP contribution in [0.1, 0.15) is 46.4 Å². The van der Waals surface area contributed by atoms with Crippen molar-refractivity contribution in [2.75, 3.05) is 6.54 Å². The maximum atomic E-state index is 4.34. The van der Waals surface area contributed by atoms with E-state index in [1.807, 2.05) is 4.68 Å². The van der Waals surface area contributed by atoms with Gasteiger partial charge in [0.15, 0.2) is 0 Å². The van der Waals surface area contributed by atoms with E-state index >= 15 is 0 Å². The average Bonchev–Trinajstić information content (AvgIpc) is 2.65. The van der Waals surface area contributed by atoms with Crippen LogP contribution in [0.25, 0.3) is 0 Å². The molecule has 0 aliphatic rings. The maximum Gasteiger partial charge on any atom is 0.138 e. The Morgan fingerprint density at radius 2 is 2.12 bits per heavy atom. The highest BCUT2D eigenvalue weighted by molar-refractivity contribution is 4.85. The SMILES string of the molecule is CCNC(C)CCCc1ncnn1CC(C)C. The van der Waals surface area contributed by atoms with E-state index in [0.29, 0.717) is 12.0 Å². The van der Waals surface area contributed by atoms with Gasteiger partial charge in [-0.1, -0.05) is 20.8 Å². The summed E-state index contributed by atoms with van der Waals surface area (Å²) in [5.41, 5.74) is 0. The van der Waals surface area contributed by atoms with Crippen molar-refractivity contribution in [1.29, 1.82) is 0 Å². The molecule has 1 N–H and O–H groups in total. The van der Waals surface area contributed by atoms with Gasteiger partial charge in [0.25, 0.3) is 0 Å². The lowest BCUT2D eigenvalue weighted by molar-refractivity contribution is 0.454. The zero-order valence-corrected chi connectivity index (χ0v) is 11.6. The second-order valence-corrected chi connectivity index (χ2v) is 5.10. The molecule has 0 radical (unpaired) electrons. The van der Waals surface area contributed by atoms with Crippen LogP contribution < -0.4 is 5.32 Å². The lowest BCUT2D eigenvalue weighted by atomic mass is 10.1. The van der Waals surface area contributed by atoms with Crippen molar-refractivity contribution in [3.05, 3.63) is 12.2 Å². The molecule has 0 saturated heterocycles. The highest BCUT2D eigenvalue weighted by Gasteiger charge is 2.07. The molecule has 1 aromatic rings. The van der Waals surface area contributed by atoms with Gasteiger partial charge in [0, 0.05) is 19.0 Å². The molecule has 4 heteroatoms. The van der Waals surface area contributed by atoms with Gasteiger partial charge in [-0.15, -0.1) is 0 Å². The van der Waals surface area contributed by atoms with Crippen molar-refractivity contribution in [3.63, 3.8) is 0 Å². The van der Waals surface area contributed by atoms with Crippen molar-refractivity contribution in [3.8, 4) is 0 Å². The molecule has 0 saturated carbocycles. The van der Waals surface area contributed by atoms with Crippen LogP contribution in [0.5, 0.6) is 0 Å². The summed E-state index contributed by atoms with van der Waals surface area (Å²) >= 11 is 0. The summed E-state index contributed by atoms with van der Waals surface area (Å²) in [5, 5.41) is 7.71. The fourth-order valence-corrected chi connectivity index (χ4v) is 2.00. The fourth-order valence-electron chi connectivity index (χ4n) is 2.00. The van der Waals surface area contributed by atoms with E-state index in [1.54, 1.807) is 6.33 Å². The third-order valence-corrected chi connectivity index (χ3v) is 2.82. The molecule has 1 unspecified atom stereocenters. The Balaban J connectivity index is 2.33. The molecule has 1 atom stereocenters. The standard InChI is InChI=1S/C13H26N4/c1-5-14-12(4)7-6-8-13-15-10-16-17(13)9-11(2)3/h10-12,14H,5-9H2,1-4H3. The third kappa shape index (κ3) is 5.31. The van der Waals surface area contributed by atoms with Gasteiger partial charge >= 0.3 is 0 Å². The number of hydrogen-bond acceptors (Lipinski definition) is 3. The van der Waals surface area contributed by atoms with Gasteiger partial charge in [0.2, 0.25) is 0 Å². The predicted molar refractivity (Wildman–Crippen MR) is 70.9 cm³/mol. The van der Waals surface area contributed by atoms with Crippen LogP contribution in [-0.4, -0.2) is 27.4 Å². The molecule has 0 amide bonds. The van der Waals surface area contributed by atoms with E-state index in [2.05, 4.69) is 43.1 Å². The van der Waals surface area contributed by atoms with Gasteiger partial charge in [0.05, 0.1) is 0 Å². The van der Waals surface area contributed by atoms with Crippen LogP contribution in [-0.2, 0) is 13.0 Å². The second kappa shape index (κ2) is 7.43. The zero-order valence-electron chi connectivity index (χ0n) is 11.6. The largest absolute Gasteiger partial charge is 0.315 e. The normalized spacial score (nSPS) is 13.2. The third-order valence-electron chi connectivity index (χ3n) is 2.82. The molecule has 1 aromatic heterocycles. The van der Waals surface area contributed by atoms with E-state index in [1.165, 1.54) is 12.8 Å². The monoisotopic (exact) mass is 238 g/mol. The number of aromatic nitrogens is 3. The Morgan fingerprint density at radius 1 is 1.35 bits per heavy atom. The highest BCUT2D eigenvalue weighted by atomic mass is 15.3. The van der Waals surface area contributed by atoms with Crippen LogP contribution in [0.2, 0.25) is 0 Å². The maximum absolute atomic E-state index is 4.34. The molecule has 98 valence electrons. The van der Waals surface area contributed by atoms with E-state index in [4.69, 9.17) is 0 Å².